The van der Waals surface area contributed by atoms with Gasteiger partial charge in [0, 0.05) is 30.9 Å². The van der Waals surface area contributed by atoms with Crippen LogP contribution in [-0.2, 0) is 25.7 Å². The molecule has 3 heterocycles. The second-order valence-electron chi connectivity index (χ2n) is 12.9. The maximum Gasteiger partial charge on any atom is 0.246 e. The van der Waals surface area contributed by atoms with Crippen LogP contribution in [0.3, 0.4) is 0 Å². The van der Waals surface area contributed by atoms with Gasteiger partial charge in [0.15, 0.2) is 0 Å². The fourth-order valence-corrected chi connectivity index (χ4v) is 7.71. The van der Waals surface area contributed by atoms with E-state index in [1.165, 1.54) is 12.0 Å². The smallest absolute Gasteiger partial charge is 0.246 e. The van der Waals surface area contributed by atoms with Gasteiger partial charge < -0.3 is 29.9 Å². The van der Waals surface area contributed by atoms with Crippen LogP contribution in [0.2, 0.25) is 0 Å². The molecule has 44 heavy (non-hydrogen) atoms. The minimum atomic E-state index is -1.17. The average molecular weight is 601 g/mol. The van der Waals surface area contributed by atoms with E-state index >= 15 is 0 Å². The van der Waals surface area contributed by atoms with E-state index in [-0.39, 0.29) is 23.8 Å². The molecule has 7 atom stereocenters. The molecule has 0 unspecified atom stereocenters. The van der Waals surface area contributed by atoms with Crippen molar-refractivity contribution in [1.29, 1.82) is 0 Å². The molecule has 0 aromatic heterocycles. The zero-order valence-electron chi connectivity index (χ0n) is 25.9. The molecule has 3 fully saturated rings. The van der Waals surface area contributed by atoms with E-state index in [9.17, 15) is 14.4 Å². The van der Waals surface area contributed by atoms with E-state index in [0.717, 1.165) is 32.4 Å². The number of ether oxygens (including phenoxy) is 2. The third-order valence-electron chi connectivity index (χ3n) is 9.94. The molecule has 0 radical (unpaired) electrons. The number of rotatable bonds is 11. The van der Waals surface area contributed by atoms with Crippen molar-refractivity contribution in [3.63, 3.8) is 0 Å². The summed E-state index contributed by atoms with van der Waals surface area (Å²) >= 11 is 0. The van der Waals surface area contributed by atoms with E-state index in [1.54, 1.807) is 36.3 Å². The summed E-state index contributed by atoms with van der Waals surface area (Å²) < 4.78 is 11.8. The lowest BCUT2D eigenvalue weighted by Gasteiger charge is -2.36. The molecule has 1 aliphatic carbocycles. The Morgan fingerprint density at radius 1 is 1.09 bits per heavy atom. The van der Waals surface area contributed by atoms with Crippen LogP contribution in [0, 0.1) is 17.8 Å². The molecule has 1 saturated carbocycles. The van der Waals surface area contributed by atoms with Gasteiger partial charge in [0.25, 0.3) is 0 Å². The first-order valence-electron chi connectivity index (χ1n) is 16.0. The molecule has 2 bridgehead atoms. The number of carbonyl (C=O) groups excluding carboxylic acids is 3. The Kier molecular flexibility index (Phi) is 8.78. The highest BCUT2D eigenvalue weighted by molar-refractivity contribution is 6.02. The second kappa shape index (κ2) is 12.7. The van der Waals surface area contributed by atoms with Gasteiger partial charge in [0.05, 0.1) is 25.0 Å². The molecule has 9 heteroatoms. The Hall–Kier alpha value is -3.69. The highest BCUT2D eigenvalue weighted by Gasteiger charge is 2.72. The summed E-state index contributed by atoms with van der Waals surface area (Å²) in [5, 5.41) is 6.28. The van der Waals surface area contributed by atoms with Crippen LogP contribution in [-0.4, -0.2) is 78.6 Å². The Morgan fingerprint density at radius 3 is 2.66 bits per heavy atom. The lowest BCUT2D eigenvalue weighted by Crippen LogP contribution is -2.57. The molecule has 4 aliphatic rings. The minimum Gasteiger partial charge on any atom is -0.497 e. The first-order chi connectivity index (χ1) is 21.3. The van der Waals surface area contributed by atoms with Crippen LogP contribution < -0.4 is 15.4 Å². The van der Waals surface area contributed by atoms with Crippen molar-refractivity contribution in [2.75, 3.05) is 32.6 Å². The van der Waals surface area contributed by atoms with Gasteiger partial charge in [-0.3, -0.25) is 14.4 Å². The summed E-state index contributed by atoms with van der Waals surface area (Å²) in [7, 11) is 3.64. The van der Waals surface area contributed by atoms with Gasteiger partial charge in [-0.2, -0.15) is 0 Å². The number of anilines is 1. The first-order valence-corrected chi connectivity index (χ1v) is 16.0. The predicted molar refractivity (Wildman–Crippen MR) is 168 cm³/mol. The number of carbonyl (C=O) groups is 3. The van der Waals surface area contributed by atoms with Crippen molar-refractivity contribution in [3.05, 3.63) is 72.3 Å². The Balaban J connectivity index is 1.22. The Bertz CT molecular complexity index is 1400. The largest absolute Gasteiger partial charge is 0.497 e. The van der Waals surface area contributed by atoms with Crippen molar-refractivity contribution in [2.45, 2.75) is 69.4 Å². The molecular formula is C35H44N4O5. The summed E-state index contributed by atoms with van der Waals surface area (Å²) in [6.07, 6.45) is 8.11. The van der Waals surface area contributed by atoms with Crippen LogP contribution in [0.4, 0.5) is 5.69 Å². The van der Waals surface area contributed by atoms with Gasteiger partial charge in [-0.05, 0) is 56.5 Å². The van der Waals surface area contributed by atoms with E-state index in [1.807, 2.05) is 30.4 Å². The molecule has 2 N–H and O–H groups in total. The Morgan fingerprint density at radius 2 is 1.89 bits per heavy atom. The minimum absolute atomic E-state index is 0.0652. The molecule has 1 spiro atoms. The van der Waals surface area contributed by atoms with Crippen LogP contribution in [0.1, 0.15) is 44.6 Å². The summed E-state index contributed by atoms with van der Waals surface area (Å²) in [5.41, 5.74) is 0.634. The normalized spacial score (nSPS) is 30.5. The van der Waals surface area contributed by atoms with Crippen molar-refractivity contribution in [2.24, 2.45) is 17.8 Å². The summed E-state index contributed by atoms with van der Waals surface area (Å²) in [4.78, 5) is 46.2. The number of benzene rings is 2. The fourth-order valence-electron chi connectivity index (χ4n) is 7.71. The SMILES string of the molecule is COc1cccc(NC(=O)[C@H]2[C@H]3C=C[C@@]4(O3)[C@H]2C(=O)N(CCCN(C)Cc2ccccc2)[C@@H]4C(=O)N[C@H]2CCCC[C@@H]2C)c1. The van der Waals surface area contributed by atoms with Crippen LogP contribution in [0.5, 0.6) is 5.75 Å². The lowest BCUT2D eigenvalue weighted by atomic mass is 9.74. The molecule has 3 amide bonds. The maximum absolute atomic E-state index is 14.3. The number of amides is 3. The van der Waals surface area contributed by atoms with Crippen molar-refractivity contribution in [3.8, 4) is 5.75 Å². The average Bonchev–Trinajstić information content (AvgIpc) is 3.66. The highest BCUT2D eigenvalue weighted by Crippen LogP contribution is 2.55. The summed E-state index contributed by atoms with van der Waals surface area (Å²) in [6, 6.07) is 16.6. The van der Waals surface area contributed by atoms with E-state index in [0.29, 0.717) is 30.3 Å². The molecule has 9 nitrogen and oxygen atoms in total. The van der Waals surface area contributed by atoms with Gasteiger partial charge in [-0.15, -0.1) is 0 Å². The van der Waals surface area contributed by atoms with Crippen LogP contribution in [0.15, 0.2) is 66.7 Å². The number of hydrogen-bond donors (Lipinski definition) is 2. The molecule has 234 valence electrons. The van der Waals surface area contributed by atoms with Crippen molar-refractivity contribution in [1.82, 2.24) is 15.1 Å². The van der Waals surface area contributed by atoms with Gasteiger partial charge in [0.1, 0.15) is 17.4 Å². The Labute approximate surface area is 260 Å². The molecule has 2 aromatic carbocycles. The predicted octanol–water partition coefficient (Wildman–Crippen LogP) is 4.00. The quantitative estimate of drug-likeness (QED) is 0.379. The first kappa shape index (κ1) is 30.3. The van der Waals surface area contributed by atoms with Gasteiger partial charge in [-0.1, -0.05) is 68.3 Å². The third-order valence-corrected chi connectivity index (χ3v) is 9.94. The summed E-state index contributed by atoms with van der Waals surface area (Å²) in [6.45, 7) is 4.14. The highest BCUT2D eigenvalue weighted by atomic mass is 16.5. The number of hydrogen-bond acceptors (Lipinski definition) is 6. The zero-order valence-corrected chi connectivity index (χ0v) is 25.9. The second-order valence-corrected chi connectivity index (χ2v) is 12.9. The summed E-state index contributed by atoms with van der Waals surface area (Å²) in [5.74, 6) is -1.19. The monoisotopic (exact) mass is 600 g/mol. The standard InChI is InChI=1S/C35H44N4O5/c1-23-11-7-8-16-27(23)37-33(41)31-35-18-17-28(44-35)29(32(40)36-25-14-9-15-26(21-25)43-3)30(35)34(42)39(31)20-10-19-38(2)22-24-12-5-4-6-13-24/h4-6,9,12-15,17-18,21,23,27-31H,7-8,10-11,16,19-20,22H2,1-3H3,(H,36,40)(H,37,41)/t23-,27-,28+,29-,30+,31+,35+/m0/s1. The number of fused-ring (bicyclic) bond motifs is 1. The number of methoxy groups -OCH3 is 1. The third kappa shape index (κ3) is 5.75. The molecule has 6 rings (SSSR count). The topological polar surface area (TPSA) is 100 Å². The van der Waals surface area contributed by atoms with Gasteiger partial charge >= 0.3 is 0 Å². The van der Waals surface area contributed by atoms with Crippen LogP contribution >= 0.6 is 0 Å². The molecule has 3 aliphatic heterocycles. The van der Waals surface area contributed by atoms with Crippen molar-refractivity contribution >= 4 is 23.4 Å². The zero-order chi connectivity index (χ0) is 30.8. The number of nitrogens with one attached hydrogen (secondary N) is 2. The van der Waals surface area contributed by atoms with Crippen LogP contribution in [0.25, 0.3) is 0 Å². The van der Waals surface area contributed by atoms with Gasteiger partial charge in [0.2, 0.25) is 17.7 Å². The fraction of sp³-hybridized carbons (Fsp3) is 0.514. The molecular weight excluding hydrogens is 556 g/mol. The van der Waals surface area contributed by atoms with Crippen molar-refractivity contribution < 1.29 is 23.9 Å². The maximum atomic E-state index is 14.3. The van der Waals surface area contributed by atoms with E-state index in [4.69, 9.17) is 9.47 Å². The van der Waals surface area contributed by atoms with E-state index in [2.05, 4.69) is 41.6 Å². The number of likely N-dealkylation sites (tertiary alicyclic amines) is 1. The molecule has 2 saturated heterocycles. The molecule has 2 aromatic rings. The van der Waals surface area contributed by atoms with E-state index < -0.39 is 29.6 Å². The van der Waals surface area contributed by atoms with Gasteiger partial charge in [-0.25, -0.2) is 0 Å². The lowest BCUT2D eigenvalue weighted by molar-refractivity contribution is -0.141. The number of nitrogens with zero attached hydrogens (tertiary/aromatic N) is 2.